The molecule has 2 rings (SSSR count). The van der Waals surface area contributed by atoms with Gasteiger partial charge in [-0.25, -0.2) is 4.99 Å². The van der Waals surface area contributed by atoms with E-state index in [0.29, 0.717) is 24.5 Å². The maximum absolute atomic E-state index is 10.7. The summed E-state index contributed by atoms with van der Waals surface area (Å²) >= 11 is 1.13. The molecule has 0 amide bonds. The van der Waals surface area contributed by atoms with Gasteiger partial charge in [-0.3, -0.25) is 10.1 Å². The highest BCUT2D eigenvalue weighted by atomic mass is 32.1. The Morgan fingerprint density at radius 2 is 2.44 bits per heavy atom. The van der Waals surface area contributed by atoms with E-state index in [9.17, 15) is 10.1 Å². The highest BCUT2D eigenvalue weighted by molar-refractivity contribution is 7.13. The molecule has 0 saturated carbocycles. The molecule has 1 aromatic rings. The van der Waals surface area contributed by atoms with Crippen LogP contribution in [-0.4, -0.2) is 23.0 Å². The van der Waals surface area contributed by atoms with E-state index in [-0.39, 0.29) is 15.5 Å². The van der Waals surface area contributed by atoms with Gasteiger partial charge in [0.2, 0.25) is 0 Å². The minimum Gasteiger partial charge on any atom is -0.478 e. The van der Waals surface area contributed by atoms with Crippen molar-refractivity contribution < 1.29 is 9.66 Å². The topological polar surface area (TPSA) is 64.7 Å². The number of hydrogen-bond donors (Lipinski definition) is 0. The zero-order valence-corrected chi connectivity index (χ0v) is 9.91. The first-order valence-electron chi connectivity index (χ1n) is 4.90. The number of nitrogens with zero attached hydrogens (tertiary/aromatic N) is 2. The molecule has 0 aliphatic carbocycles. The second kappa shape index (κ2) is 3.86. The predicted octanol–water partition coefficient (Wildman–Crippen LogP) is 2.41. The van der Waals surface area contributed by atoms with Gasteiger partial charge in [0.05, 0.1) is 22.4 Å². The Balaban J connectivity index is 2.16. The average molecular weight is 240 g/mol. The SMILES string of the molecule is CC1(C)COC(Cc2ccsc2[N+](=O)[O-])=N1. The molecule has 0 unspecified atom stereocenters. The summed E-state index contributed by atoms with van der Waals surface area (Å²) in [6.45, 7) is 4.49. The average Bonchev–Trinajstić information content (AvgIpc) is 2.73. The minimum absolute atomic E-state index is 0.177. The van der Waals surface area contributed by atoms with Gasteiger partial charge in [-0.2, -0.15) is 0 Å². The Bertz CT molecular complexity index is 451. The smallest absolute Gasteiger partial charge is 0.327 e. The maximum atomic E-state index is 10.7. The fraction of sp³-hybridized carbons (Fsp3) is 0.500. The molecule has 1 aromatic heterocycles. The van der Waals surface area contributed by atoms with E-state index in [1.807, 2.05) is 13.8 Å². The highest BCUT2D eigenvalue weighted by Gasteiger charge is 2.28. The van der Waals surface area contributed by atoms with Crippen molar-refractivity contribution >= 4 is 22.2 Å². The molecule has 0 spiro atoms. The van der Waals surface area contributed by atoms with Crippen molar-refractivity contribution in [3.8, 4) is 0 Å². The minimum atomic E-state index is -0.360. The van der Waals surface area contributed by atoms with Gasteiger partial charge >= 0.3 is 5.00 Å². The van der Waals surface area contributed by atoms with Crippen molar-refractivity contribution in [1.82, 2.24) is 0 Å². The molecule has 0 fully saturated rings. The largest absolute Gasteiger partial charge is 0.478 e. The molecule has 0 N–H and O–H groups in total. The van der Waals surface area contributed by atoms with Crippen LogP contribution in [0.15, 0.2) is 16.4 Å². The summed E-state index contributed by atoms with van der Waals surface area (Å²) in [4.78, 5) is 14.7. The van der Waals surface area contributed by atoms with E-state index < -0.39 is 0 Å². The summed E-state index contributed by atoms with van der Waals surface area (Å²) < 4.78 is 5.41. The summed E-state index contributed by atoms with van der Waals surface area (Å²) in [5.41, 5.74) is 0.464. The number of hydrogen-bond acceptors (Lipinski definition) is 5. The quantitative estimate of drug-likeness (QED) is 0.602. The van der Waals surface area contributed by atoms with Crippen molar-refractivity contribution in [1.29, 1.82) is 0 Å². The molecular formula is C10H12N2O3S. The number of nitro groups is 1. The van der Waals surface area contributed by atoms with Gasteiger partial charge in [0, 0.05) is 0 Å². The van der Waals surface area contributed by atoms with Crippen molar-refractivity contribution in [2.24, 2.45) is 4.99 Å². The van der Waals surface area contributed by atoms with Crippen molar-refractivity contribution in [3.63, 3.8) is 0 Å². The lowest BCUT2D eigenvalue weighted by molar-refractivity contribution is -0.380. The van der Waals surface area contributed by atoms with Crippen LogP contribution in [-0.2, 0) is 11.2 Å². The fourth-order valence-electron chi connectivity index (χ4n) is 1.54. The highest BCUT2D eigenvalue weighted by Crippen LogP contribution is 2.28. The third kappa shape index (κ3) is 2.21. The zero-order valence-electron chi connectivity index (χ0n) is 9.10. The third-order valence-electron chi connectivity index (χ3n) is 2.25. The molecule has 6 heteroatoms. The standard InChI is InChI=1S/C10H12N2O3S/c1-10(2)6-15-8(11-10)5-7-3-4-16-9(7)12(13)14/h3-4H,5-6H2,1-2H3. The first-order chi connectivity index (χ1) is 7.48. The summed E-state index contributed by atoms with van der Waals surface area (Å²) in [5, 5.41) is 12.6. The Morgan fingerprint density at radius 1 is 1.69 bits per heavy atom. The van der Waals surface area contributed by atoms with Crippen LogP contribution < -0.4 is 0 Å². The molecule has 5 nitrogen and oxygen atoms in total. The Hall–Kier alpha value is -1.43. The van der Waals surface area contributed by atoms with Crippen LogP contribution in [0.3, 0.4) is 0 Å². The molecule has 0 bridgehead atoms. The van der Waals surface area contributed by atoms with E-state index in [0.717, 1.165) is 11.3 Å². The lowest BCUT2D eigenvalue weighted by Crippen LogP contribution is -2.17. The van der Waals surface area contributed by atoms with Crippen LogP contribution in [0.1, 0.15) is 19.4 Å². The molecule has 86 valence electrons. The zero-order chi connectivity index (χ0) is 11.8. The van der Waals surface area contributed by atoms with Gasteiger partial charge in [0.1, 0.15) is 6.61 Å². The molecule has 1 aliphatic heterocycles. The van der Waals surface area contributed by atoms with Crippen molar-refractivity contribution in [2.45, 2.75) is 25.8 Å². The second-order valence-corrected chi connectivity index (χ2v) is 5.19. The summed E-state index contributed by atoms with van der Waals surface area (Å²) in [7, 11) is 0. The molecule has 2 heterocycles. The number of ether oxygens (including phenoxy) is 1. The lowest BCUT2D eigenvalue weighted by atomic mass is 10.1. The van der Waals surface area contributed by atoms with Gasteiger partial charge in [0.15, 0.2) is 5.90 Å². The molecule has 0 radical (unpaired) electrons. The summed E-state index contributed by atoms with van der Waals surface area (Å²) in [6.07, 6.45) is 0.406. The van der Waals surface area contributed by atoms with Crippen LogP contribution in [0.2, 0.25) is 0 Å². The summed E-state index contributed by atoms with van der Waals surface area (Å²) in [6, 6.07) is 1.75. The van der Waals surface area contributed by atoms with Gasteiger partial charge in [-0.05, 0) is 25.3 Å². The first-order valence-corrected chi connectivity index (χ1v) is 5.78. The Labute approximate surface area is 96.9 Å². The number of rotatable bonds is 3. The van der Waals surface area contributed by atoms with Crippen LogP contribution in [0, 0.1) is 10.1 Å². The normalized spacial score (nSPS) is 18.0. The Kier molecular flexibility index (Phi) is 2.67. The van der Waals surface area contributed by atoms with Crippen LogP contribution in [0.25, 0.3) is 0 Å². The molecular weight excluding hydrogens is 228 g/mol. The molecule has 0 atom stereocenters. The van der Waals surface area contributed by atoms with Crippen molar-refractivity contribution in [3.05, 3.63) is 27.1 Å². The fourth-order valence-corrected chi connectivity index (χ4v) is 2.28. The van der Waals surface area contributed by atoms with Gasteiger partial charge < -0.3 is 4.74 Å². The monoisotopic (exact) mass is 240 g/mol. The van der Waals surface area contributed by atoms with Crippen molar-refractivity contribution in [2.75, 3.05) is 6.61 Å². The molecule has 16 heavy (non-hydrogen) atoms. The van der Waals surface area contributed by atoms with Crippen LogP contribution in [0.5, 0.6) is 0 Å². The van der Waals surface area contributed by atoms with Crippen LogP contribution in [0.4, 0.5) is 5.00 Å². The molecule has 0 saturated heterocycles. The second-order valence-electron chi connectivity index (χ2n) is 4.29. The molecule has 1 aliphatic rings. The van der Waals surface area contributed by atoms with E-state index in [1.165, 1.54) is 0 Å². The van der Waals surface area contributed by atoms with Crippen LogP contribution >= 0.6 is 11.3 Å². The lowest BCUT2D eigenvalue weighted by Gasteiger charge is -2.07. The van der Waals surface area contributed by atoms with Gasteiger partial charge in [0.25, 0.3) is 0 Å². The maximum Gasteiger partial charge on any atom is 0.327 e. The predicted molar refractivity (Wildman–Crippen MR) is 62.1 cm³/mol. The first kappa shape index (κ1) is 11.1. The van der Waals surface area contributed by atoms with E-state index >= 15 is 0 Å². The molecule has 0 aromatic carbocycles. The number of aliphatic imine (C=N–C) groups is 1. The van der Waals surface area contributed by atoms with Gasteiger partial charge in [-0.1, -0.05) is 11.3 Å². The van der Waals surface area contributed by atoms with E-state index in [1.54, 1.807) is 11.4 Å². The van der Waals surface area contributed by atoms with E-state index in [2.05, 4.69) is 4.99 Å². The van der Waals surface area contributed by atoms with Gasteiger partial charge in [-0.15, -0.1) is 0 Å². The Morgan fingerprint density at radius 3 is 3.00 bits per heavy atom. The number of thiophene rings is 1. The summed E-state index contributed by atoms with van der Waals surface area (Å²) in [5.74, 6) is 0.589. The van der Waals surface area contributed by atoms with E-state index in [4.69, 9.17) is 4.74 Å². The third-order valence-corrected chi connectivity index (χ3v) is 3.16.